The predicted molar refractivity (Wildman–Crippen MR) is 34.7 cm³/mol. The molecule has 0 aromatic rings. The van der Waals surface area contributed by atoms with E-state index in [0.29, 0.717) is 6.54 Å². The maximum Gasteiger partial charge on any atom is 0.0820 e. The Morgan fingerprint density at radius 1 is 1.67 bits per heavy atom. The van der Waals surface area contributed by atoms with E-state index in [1.165, 1.54) is 0 Å². The summed E-state index contributed by atoms with van der Waals surface area (Å²) in [6.07, 6.45) is 0. The average Bonchev–Trinajstić information content (AvgIpc) is 1.82. The number of rotatable bonds is 3. The van der Waals surface area contributed by atoms with Gasteiger partial charge in [0.1, 0.15) is 0 Å². The van der Waals surface area contributed by atoms with Gasteiger partial charge in [0.25, 0.3) is 0 Å². The lowest BCUT2D eigenvalue weighted by Crippen LogP contribution is -2.22. The van der Waals surface area contributed by atoms with E-state index in [2.05, 4.69) is 0 Å². The molecule has 0 rings (SSSR count). The average molecular weight is 128 g/mol. The first kappa shape index (κ1) is 8.41. The van der Waals surface area contributed by atoms with Gasteiger partial charge in [-0.1, -0.05) is 0 Å². The number of aliphatic hydroxyl groups excluding tert-OH is 1. The van der Waals surface area contributed by atoms with Crippen LogP contribution in [0.1, 0.15) is 0 Å². The lowest BCUT2D eigenvalue weighted by atomic mass is 10.2. The van der Waals surface area contributed by atoms with Crippen molar-refractivity contribution in [1.82, 2.24) is 4.90 Å². The molecule has 0 aliphatic rings. The predicted octanol–water partition coefficient (Wildman–Crippen LogP) is -0.320. The minimum Gasteiger partial charge on any atom is -0.395 e. The fourth-order valence-corrected chi connectivity index (χ4v) is 0.580. The Labute approximate surface area is 55.5 Å². The first-order valence-corrected chi connectivity index (χ1v) is 2.86. The minimum atomic E-state index is -0.236. The van der Waals surface area contributed by atoms with E-state index in [1.54, 1.807) is 0 Å². The van der Waals surface area contributed by atoms with Crippen molar-refractivity contribution < 1.29 is 5.11 Å². The number of aliphatic hydroxyl groups is 1. The summed E-state index contributed by atoms with van der Waals surface area (Å²) in [6.45, 7) is 0.585. The van der Waals surface area contributed by atoms with Crippen LogP contribution in [0.15, 0.2) is 0 Å². The van der Waals surface area contributed by atoms with Gasteiger partial charge in [0.05, 0.1) is 18.6 Å². The quantitative estimate of drug-likeness (QED) is 0.566. The van der Waals surface area contributed by atoms with E-state index >= 15 is 0 Å². The second-order valence-corrected chi connectivity index (χ2v) is 2.27. The third-order valence-electron chi connectivity index (χ3n) is 0.988. The highest BCUT2D eigenvalue weighted by Crippen LogP contribution is 1.92. The third kappa shape index (κ3) is 3.95. The molecule has 0 aromatic heterocycles. The minimum absolute atomic E-state index is 0.0469. The Morgan fingerprint density at radius 2 is 2.22 bits per heavy atom. The Kier molecular flexibility index (Phi) is 4.02. The maximum atomic E-state index is 8.53. The fourth-order valence-electron chi connectivity index (χ4n) is 0.580. The third-order valence-corrected chi connectivity index (χ3v) is 0.988. The SMILES string of the molecule is CN(C)CC(C#N)CO. The lowest BCUT2D eigenvalue weighted by Gasteiger charge is -2.11. The van der Waals surface area contributed by atoms with Gasteiger partial charge in [0, 0.05) is 6.54 Å². The van der Waals surface area contributed by atoms with Gasteiger partial charge < -0.3 is 10.0 Å². The molecule has 0 aliphatic heterocycles. The van der Waals surface area contributed by atoms with Crippen LogP contribution in [-0.4, -0.2) is 37.3 Å². The van der Waals surface area contributed by atoms with Gasteiger partial charge in [-0.3, -0.25) is 0 Å². The summed E-state index contributed by atoms with van der Waals surface area (Å²) in [5, 5.41) is 16.9. The van der Waals surface area contributed by atoms with E-state index in [0.717, 1.165) is 0 Å². The number of nitrogens with zero attached hydrogens (tertiary/aromatic N) is 2. The van der Waals surface area contributed by atoms with Crippen LogP contribution in [0.2, 0.25) is 0 Å². The van der Waals surface area contributed by atoms with Crippen molar-refractivity contribution in [1.29, 1.82) is 5.26 Å². The second-order valence-electron chi connectivity index (χ2n) is 2.27. The first-order valence-electron chi connectivity index (χ1n) is 2.86. The molecule has 1 atom stereocenters. The zero-order valence-corrected chi connectivity index (χ0v) is 5.83. The molecule has 9 heavy (non-hydrogen) atoms. The molecule has 0 aliphatic carbocycles. The van der Waals surface area contributed by atoms with Crippen LogP contribution in [-0.2, 0) is 0 Å². The highest BCUT2D eigenvalue weighted by molar-refractivity contribution is 4.83. The van der Waals surface area contributed by atoms with Gasteiger partial charge in [0.15, 0.2) is 0 Å². The molecule has 0 saturated heterocycles. The normalized spacial score (nSPS) is 13.2. The Balaban J connectivity index is 3.47. The van der Waals surface area contributed by atoms with E-state index in [-0.39, 0.29) is 12.5 Å². The van der Waals surface area contributed by atoms with Crippen molar-refractivity contribution in [3.63, 3.8) is 0 Å². The van der Waals surface area contributed by atoms with Crippen LogP contribution < -0.4 is 0 Å². The molecule has 0 heterocycles. The van der Waals surface area contributed by atoms with Crippen molar-refractivity contribution >= 4 is 0 Å². The number of nitriles is 1. The van der Waals surface area contributed by atoms with Gasteiger partial charge in [0.2, 0.25) is 0 Å². The monoisotopic (exact) mass is 128 g/mol. The van der Waals surface area contributed by atoms with Crippen LogP contribution in [0.5, 0.6) is 0 Å². The molecular weight excluding hydrogens is 116 g/mol. The van der Waals surface area contributed by atoms with E-state index in [4.69, 9.17) is 10.4 Å². The first-order chi connectivity index (χ1) is 4.20. The zero-order valence-electron chi connectivity index (χ0n) is 5.83. The fraction of sp³-hybridized carbons (Fsp3) is 0.833. The molecule has 0 aromatic carbocycles. The summed E-state index contributed by atoms with van der Waals surface area (Å²) in [5.74, 6) is -0.236. The molecule has 0 spiro atoms. The van der Waals surface area contributed by atoms with E-state index < -0.39 is 0 Å². The van der Waals surface area contributed by atoms with Crippen molar-refractivity contribution in [2.75, 3.05) is 27.2 Å². The number of hydrogen-bond acceptors (Lipinski definition) is 3. The van der Waals surface area contributed by atoms with Crippen molar-refractivity contribution in [3.05, 3.63) is 0 Å². The summed E-state index contributed by atoms with van der Waals surface area (Å²) in [4.78, 5) is 1.88. The Hall–Kier alpha value is -0.590. The Morgan fingerprint density at radius 3 is 2.33 bits per heavy atom. The largest absolute Gasteiger partial charge is 0.395 e. The summed E-state index contributed by atoms with van der Waals surface area (Å²) < 4.78 is 0. The maximum absolute atomic E-state index is 8.53. The topological polar surface area (TPSA) is 47.3 Å². The van der Waals surface area contributed by atoms with Crippen LogP contribution in [0.4, 0.5) is 0 Å². The molecule has 0 radical (unpaired) electrons. The summed E-state index contributed by atoms with van der Waals surface area (Å²) >= 11 is 0. The van der Waals surface area contributed by atoms with Crippen LogP contribution >= 0.6 is 0 Å². The molecular formula is C6H12N2O. The molecule has 1 N–H and O–H groups in total. The smallest absolute Gasteiger partial charge is 0.0820 e. The lowest BCUT2D eigenvalue weighted by molar-refractivity contribution is 0.224. The van der Waals surface area contributed by atoms with Crippen LogP contribution in [0.3, 0.4) is 0 Å². The molecule has 0 amide bonds. The summed E-state index contributed by atoms with van der Waals surface area (Å²) in [5.41, 5.74) is 0. The van der Waals surface area contributed by atoms with Gasteiger partial charge >= 0.3 is 0 Å². The molecule has 52 valence electrons. The van der Waals surface area contributed by atoms with Crippen molar-refractivity contribution in [2.45, 2.75) is 0 Å². The highest BCUT2D eigenvalue weighted by Gasteiger charge is 2.04. The van der Waals surface area contributed by atoms with E-state index in [1.807, 2.05) is 25.1 Å². The molecule has 0 bridgehead atoms. The van der Waals surface area contributed by atoms with Crippen molar-refractivity contribution in [3.8, 4) is 6.07 Å². The number of hydrogen-bond donors (Lipinski definition) is 1. The van der Waals surface area contributed by atoms with E-state index in [9.17, 15) is 0 Å². The summed E-state index contributed by atoms with van der Waals surface area (Å²) in [7, 11) is 3.75. The molecule has 0 fully saturated rings. The Bertz CT molecular complexity index is 106. The summed E-state index contributed by atoms with van der Waals surface area (Å²) in [6, 6.07) is 1.99. The van der Waals surface area contributed by atoms with Crippen molar-refractivity contribution in [2.24, 2.45) is 5.92 Å². The van der Waals surface area contributed by atoms with Gasteiger partial charge in [-0.2, -0.15) is 5.26 Å². The second kappa shape index (κ2) is 4.30. The van der Waals surface area contributed by atoms with Gasteiger partial charge in [-0.25, -0.2) is 0 Å². The molecule has 3 nitrogen and oxygen atoms in total. The molecule has 1 unspecified atom stereocenters. The zero-order chi connectivity index (χ0) is 7.28. The van der Waals surface area contributed by atoms with Crippen LogP contribution in [0.25, 0.3) is 0 Å². The highest BCUT2D eigenvalue weighted by atomic mass is 16.3. The molecule has 0 saturated carbocycles. The van der Waals surface area contributed by atoms with Gasteiger partial charge in [-0.05, 0) is 14.1 Å². The van der Waals surface area contributed by atoms with Crippen LogP contribution in [0, 0.1) is 17.2 Å². The molecule has 3 heteroatoms. The standard InChI is InChI=1S/C6H12N2O/c1-8(2)4-6(3-7)5-9/h6,9H,4-5H2,1-2H3. The van der Waals surface area contributed by atoms with Gasteiger partial charge in [-0.15, -0.1) is 0 Å².